The van der Waals surface area contributed by atoms with Crippen molar-refractivity contribution in [1.29, 1.82) is 0 Å². The molecule has 1 atom stereocenters. The zero-order chi connectivity index (χ0) is 29.4. The highest BCUT2D eigenvalue weighted by atomic mass is 35.5. The monoisotopic (exact) mass is 607 g/mol. The van der Waals surface area contributed by atoms with Gasteiger partial charge in [0.25, 0.3) is 10.0 Å². The number of anilines is 1. The van der Waals surface area contributed by atoms with E-state index < -0.39 is 34.4 Å². The summed E-state index contributed by atoms with van der Waals surface area (Å²) in [5, 5.41) is 3.22. The lowest BCUT2D eigenvalue weighted by Crippen LogP contribution is -2.51. The molecule has 0 saturated carbocycles. The maximum atomic E-state index is 14.0. The molecule has 0 unspecified atom stereocenters. The van der Waals surface area contributed by atoms with Crippen LogP contribution in [0.3, 0.4) is 0 Å². The van der Waals surface area contributed by atoms with Crippen LogP contribution in [0, 0.1) is 0 Å². The van der Waals surface area contributed by atoms with Crippen molar-refractivity contribution in [3.63, 3.8) is 0 Å². The summed E-state index contributed by atoms with van der Waals surface area (Å²) in [6.45, 7) is 1.15. The average Bonchev–Trinajstić information content (AvgIpc) is 2.97. The van der Waals surface area contributed by atoms with Gasteiger partial charge in [0.15, 0.2) is 0 Å². The van der Waals surface area contributed by atoms with Gasteiger partial charge in [0.1, 0.15) is 24.1 Å². The zero-order valence-electron chi connectivity index (χ0n) is 22.6. The number of rotatable bonds is 12. The Morgan fingerprint density at radius 3 is 2.20 bits per heavy atom. The minimum Gasteiger partial charge on any atom is -0.497 e. The second-order valence-electron chi connectivity index (χ2n) is 8.67. The predicted molar refractivity (Wildman–Crippen MR) is 156 cm³/mol. The first-order chi connectivity index (χ1) is 19.1. The van der Waals surface area contributed by atoms with Gasteiger partial charge in [-0.15, -0.1) is 0 Å². The van der Waals surface area contributed by atoms with Crippen molar-refractivity contribution in [2.75, 3.05) is 32.1 Å². The number of benzene rings is 3. The number of para-hydroxylation sites is 2. The van der Waals surface area contributed by atoms with Gasteiger partial charge in [-0.05, 0) is 60.5 Å². The van der Waals surface area contributed by atoms with Crippen molar-refractivity contribution < 1.29 is 27.5 Å². The number of likely N-dealkylation sites (N-methyl/N-ethyl adjacent to an activating group) is 1. The van der Waals surface area contributed by atoms with E-state index in [4.69, 9.17) is 32.7 Å². The zero-order valence-corrected chi connectivity index (χ0v) is 24.9. The molecule has 3 aromatic carbocycles. The normalized spacial score (nSPS) is 11.8. The Balaban J connectivity index is 2.11. The minimum atomic E-state index is -4.27. The number of carbonyl (C=O) groups is 2. The van der Waals surface area contributed by atoms with Crippen LogP contribution >= 0.6 is 23.2 Å². The Morgan fingerprint density at radius 2 is 1.62 bits per heavy atom. The molecular formula is C28H31Cl2N3O6S. The fourth-order valence-corrected chi connectivity index (χ4v) is 5.89. The SMILES string of the molecule is CC[C@H](C(=O)NC)N(Cc1ccc(Cl)c(Cl)c1)C(=O)CN(c1ccccc1OC)S(=O)(=O)c1ccc(OC)cc1. The number of nitrogens with zero attached hydrogens (tertiary/aromatic N) is 2. The van der Waals surface area contributed by atoms with Crippen LogP contribution in [-0.4, -0.2) is 59.0 Å². The topological polar surface area (TPSA) is 105 Å². The highest BCUT2D eigenvalue weighted by molar-refractivity contribution is 7.92. The number of hydrogen-bond acceptors (Lipinski definition) is 6. The average molecular weight is 609 g/mol. The first-order valence-corrected chi connectivity index (χ1v) is 14.5. The Morgan fingerprint density at radius 1 is 0.950 bits per heavy atom. The number of methoxy groups -OCH3 is 2. The highest BCUT2D eigenvalue weighted by Crippen LogP contribution is 2.33. The van der Waals surface area contributed by atoms with Crippen molar-refractivity contribution in [2.45, 2.75) is 30.8 Å². The summed E-state index contributed by atoms with van der Waals surface area (Å²) >= 11 is 12.3. The van der Waals surface area contributed by atoms with Crippen LogP contribution in [-0.2, 0) is 26.2 Å². The van der Waals surface area contributed by atoms with Crippen LogP contribution in [0.1, 0.15) is 18.9 Å². The van der Waals surface area contributed by atoms with E-state index in [9.17, 15) is 18.0 Å². The summed E-state index contributed by atoms with van der Waals surface area (Å²) in [4.78, 5) is 28.1. The van der Waals surface area contributed by atoms with Crippen LogP contribution in [0.25, 0.3) is 0 Å². The number of nitrogens with one attached hydrogen (secondary N) is 1. The number of ether oxygens (including phenoxy) is 2. The first-order valence-electron chi connectivity index (χ1n) is 12.3. The molecule has 0 fully saturated rings. The van der Waals surface area contributed by atoms with E-state index in [1.807, 2.05) is 0 Å². The molecule has 12 heteroatoms. The number of carbonyl (C=O) groups excluding carboxylic acids is 2. The smallest absolute Gasteiger partial charge is 0.264 e. The third kappa shape index (κ3) is 6.99. The lowest BCUT2D eigenvalue weighted by atomic mass is 10.1. The summed E-state index contributed by atoms with van der Waals surface area (Å²) in [5.41, 5.74) is 0.781. The number of amides is 2. The summed E-state index contributed by atoms with van der Waals surface area (Å²) in [5.74, 6) is -0.271. The molecule has 2 amide bonds. The van der Waals surface area contributed by atoms with E-state index in [0.29, 0.717) is 16.3 Å². The molecule has 0 heterocycles. The van der Waals surface area contributed by atoms with Gasteiger partial charge in [-0.3, -0.25) is 13.9 Å². The van der Waals surface area contributed by atoms with Gasteiger partial charge in [-0.2, -0.15) is 0 Å². The van der Waals surface area contributed by atoms with Crippen molar-refractivity contribution in [3.8, 4) is 11.5 Å². The molecule has 0 aliphatic carbocycles. The fraction of sp³-hybridized carbons (Fsp3) is 0.286. The molecule has 0 aromatic heterocycles. The molecule has 3 aromatic rings. The third-order valence-corrected chi connectivity index (χ3v) is 8.76. The lowest BCUT2D eigenvalue weighted by Gasteiger charge is -2.33. The van der Waals surface area contributed by atoms with Gasteiger partial charge in [-0.25, -0.2) is 8.42 Å². The molecule has 0 spiro atoms. The van der Waals surface area contributed by atoms with Gasteiger partial charge in [0, 0.05) is 13.6 Å². The predicted octanol–water partition coefficient (Wildman–Crippen LogP) is 4.76. The van der Waals surface area contributed by atoms with E-state index in [1.54, 1.807) is 49.4 Å². The molecule has 40 heavy (non-hydrogen) atoms. The van der Waals surface area contributed by atoms with E-state index in [2.05, 4.69) is 5.32 Å². The summed E-state index contributed by atoms with van der Waals surface area (Å²) < 4.78 is 39.5. The number of halogens is 2. The van der Waals surface area contributed by atoms with Crippen LogP contribution in [0.15, 0.2) is 71.6 Å². The Labute approximate surface area is 244 Å². The molecule has 0 aliphatic heterocycles. The van der Waals surface area contributed by atoms with Gasteiger partial charge >= 0.3 is 0 Å². The fourth-order valence-electron chi connectivity index (χ4n) is 4.14. The molecule has 3 rings (SSSR count). The first kappa shape index (κ1) is 31.1. The number of hydrogen-bond donors (Lipinski definition) is 1. The van der Waals surface area contributed by atoms with Gasteiger partial charge < -0.3 is 19.7 Å². The molecule has 0 aliphatic rings. The second-order valence-corrected chi connectivity index (χ2v) is 11.3. The second kappa shape index (κ2) is 13.7. The van der Waals surface area contributed by atoms with E-state index in [0.717, 1.165) is 4.31 Å². The Hall–Kier alpha value is -3.47. The summed E-state index contributed by atoms with van der Waals surface area (Å²) in [6.07, 6.45) is 0.284. The third-order valence-electron chi connectivity index (χ3n) is 6.25. The molecule has 0 radical (unpaired) electrons. The van der Waals surface area contributed by atoms with Gasteiger partial charge in [0.05, 0.1) is 34.8 Å². The van der Waals surface area contributed by atoms with Crippen molar-refractivity contribution in [1.82, 2.24) is 10.2 Å². The molecular weight excluding hydrogens is 577 g/mol. The molecule has 0 bridgehead atoms. The van der Waals surface area contributed by atoms with Crippen LogP contribution in [0.5, 0.6) is 11.5 Å². The minimum absolute atomic E-state index is 0.00992. The van der Waals surface area contributed by atoms with Crippen LogP contribution in [0.2, 0.25) is 10.0 Å². The Bertz CT molecular complexity index is 1450. The maximum Gasteiger partial charge on any atom is 0.264 e. The lowest BCUT2D eigenvalue weighted by molar-refractivity contribution is -0.140. The molecule has 214 valence electrons. The maximum absolute atomic E-state index is 14.0. The largest absolute Gasteiger partial charge is 0.497 e. The standard InChI is InChI=1S/C28H31Cl2N3O6S/c1-5-24(28(35)31-2)32(17-19-10-15-22(29)23(30)16-19)27(34)18-33(25-8-6-7-9-26(25)39-4)40(36,37)21-13-11-20(38-3)12-14-21/h6-16,24H,5,17-18H2,1-4H3,(H,31,35)/t24-/m1/s1. The summed E-state index contributed by atoms with van der Waals surface area (Å²) in [6, 6.07) is 16.3. The highest BCUT2D eigenvalue weighted by Gasteiger charge is 2.34. The van der Waals surface area contributed by atoms with Crippen LogP contribution in [0.4, 0.5) is 5.69 Å². The molecule has 1 N–H and O–H groups in total. The van der Waals surface area contributed by atoms with Gasteiger partial charge in [0.2, 0.25) is 11.8 Å². The van der Waals surface area contributed by atoms with E-state index >= 15 is 0 Å². The molecule has 9 nitrogen and oxygen atoms in total. The quantitative estimate of drug-likeness (QED) is 0.318. The van der Waals surface area contributed by atoms with E-state index in [1.165, 1.54) is 50.4 Å². The van der Waals surface area contributed by atoms with Gasteiger partial charge in [-0.1, -0.05) is 48.3 Å². The Kier molecular flexibility index (Phi) is 10.7. The van der Waals surface area contributed by atoms with E-state index in [-0.39, 0.29) is 34.3 Å². The van der Waals surface area contributed by atoms with Crippen molar-refractivity contribution in [3.05, 3.63) is 82.3 Å². The summed E-state index contributed by atoms with van der Waals surface area (Å²) in [7, 11) is 0.0871. The number of sulfonamides is 1. The van der Waals surface area contributed by atoms with Crippen molar-refractivity contribution >= 4 is 50.7 Å². The molecule has 0 saturated heterocycles. The van der Waals surface area contributed by atoms with Crippen LogP contribution < -0.4 is 19.1 Å². The van der Waals surface area contributed by atoms with Crippen molar-refractivity contribution in [2.24, 2.45) is 0 Å².